The van der Waals surface area contributed by atoms with Crippen LogP contribution in [0.25, 0.3) is 11.1 Å². The highest BCUT2D eigenvalue weighted by Gasteiger charge is 2.06. The van der Waals surface area contributed by atoms with Crippen LogP contribution >= 0.6 is 11.6 Å². The maximum Gasteiger partial charge on any atom is 0.134 e. The van der Waals surface area contributed by atoms with Gasteiger partial charge in [0.15, 0.2) is 0 Å². The van der Waals surface area contributed by atoms with Gasteiger partial charge in [-0.15, -0.1) is 0 Å². The minimum Gasteiger partial charge on any atom is -0.506 e. The van der Waals surface area contributed by atoms with E-state index in [-0.39, 0.29) is 5.75 Å². The Bertz CT molecular complexity index is 460. The molecule has 1 N–H and O–H groups in total. The van der Waals surface area contributed by atoms with Gasteiger partial charge in [0.25, 0.3) is 0 Å². The highest BCUT2D eigenvalue weighted by Crippen LogP contribution is 2.31. The number of phenols is 1. The zero-order valence-corrected chi connectivity index (χ0v) is 8.38. The van der Waals surface area contributed by atoms with Gasteiger partial charge in [0.1, 0.15) is 5.75 Å². The Balaban J connectivity index is 2.53. The number of halogens is 1. The van der Waals surface area contributed by atoms with Crippen molar-refractivity contribution in [3.63, 3.8) is 0 Å². The largest absolute Gasteiger partial charge is 0.506 e. The van der Waals surface area contributed by atoms with E-state index in [1.54, 1.807) is 24.7 Å². The molecular weight excluding hydrogens is 200 g/mol. The molecule has 0 radical (unpaired) electrons. The van der Waals surface area contributed by atoms with Crippen LogP contribution in [0.4, 0.5) is 0 Å². The average molecular weight is 209 g/mol. The normalized spacial score (nSPS) is 10.4. The first kappa shape index (κ1) is 9.16. The van der Waals surface area contributed by atoms with Gasteiger partial charge in [-0.3, -0.25) is 0 Å². The number of phenolic OH excluding ortho intramolecular Hbond substituents is 1. The third-order valence-corrected chi connectivity index (χ3v) is 2.43. The number of hydrogen-bond donors (Lipinski definition) is 1. The van der Waals surface area contributed by atoms with E-state index in [1.807, 2.05) is 13.0 Å². The predicted molar refractivity (Wildman–Crippen MR) is 55.6 cm³/mol. The standard InChI is InChI=1S/C11H9ClO2/c1-7-5-14-6-9(7)8-2-3-10(12)11(13)4-8/h2-6,13H,1H3. The van der Waals surface area contributed by atoms with E-state index in [0.717, 1.165) is 16.7 Å². The Morgan fingerprint density at radius 2 is 2.07 bits per heavy atom. The Morgan fingerprint density at radius 3 is 2.64 bits per heavy atom. The van der Waals surface area contributed by atoms with Crippen LogP contribution in [0.3, 0.4) is 0 Å². The Morgan fingerprint density at radius 1 is 1.29 bits per heavy atom. The van der Waals surface area contributed by atoms with Crippen molar-refractivity contribution in [3.8, 4) is 16.9 Å². The molecule has 0 amide bonds. The van der Waals surface area contributed by atoms with Crippen molar-refractivity contribution in [1.82, 2.24) is 0 Å². The summed E-state index contributed by atoms with van der Waals surface area (Å²) in [6, 6.07) is 5.14. The minimum atomic E-state index is 0.0877. The summed E-state index contributed by atoms with van der Waals surface area (Å²) in [5.41, 5.74) is 2.90. The molecule has 0 aliphatic carbocycles. The van der Waals surface area contributed by atoms with Crippen molar-refractivity contribution in [3.05, 3.63) is 41.3 Å². The van der Waals surface area contributed by atoms with Gasteiger partial charge in [-0.1, -0.05) is 17.7 Å². The molecule has 1 heterocycles. The summed E-state index contributed by atoms with van der Waals surface area (Å²) in [5, 5.41) is 9.78. The molecule has 0 saturated carbocycles. The highest BCUT2D eigenvalue weighted by atomic mass is 35.5. The maximum atomic E-state index is 9.43. The van der Waals surface area contributed by atoms with Gasteiger partial charge < -0.3 is 9.52 Å². The summed E-state index contributed by atoms with van der Waals surface area (Å²) in [4.78, 5) is 0. The lowest BCUT2D eigenvalue weighted by Crippen LogP contribution is -1.77. The van der Waals surface area contributed by atoms with E-state index in [0.29, 0.717) is 5.02 Å². The van der Waals surface area contributed by atoms with Crippen LogP contribution in [-0.2, 0) is 0 Å². The van der Waals surface area contributed by atoms with Gasteiger partial charge in [0.05, 0.1) is 17.5 Å². The van der Waals surface area contributed by atoms with E-state index >= 15 is 0 Å². The number of aromatic hydroxyl groups is 1. The summed E-state index contributed by atoms with van der Waals surface area (Å²) in [7, 11) is 0. The number of furan rings is 1. The summed E-state index contributed by atoms with van der Waals surface area (Å²) < 4.78 is 5.06. The number of benzene rings is 1. The van der Waals surface area contributed by atoms with Crippen LogP contribution in [0.2, 0.25) is 5.02 Å². The molecule has 2 rings (SSSR count). The van der Waals surface area contributed by atoms with Crippen LogP contribution in [0.1, 0.15) is 5.56 Å². The van der Waals surface area contributed by atoms with Crippen LogP contribution in [0.5, 0.6) is 5.75 Å². The molecule has 72 valence electrons. The van der Waals surface area contributed by atoms with Crippen LogP contribution in [0.15, 0.2) is 35.1 Å². The van der Waals surface area contributed by atoms with Crippen molar-refractivity contribution in [2.75, 3.05) is 0 Å². The quantitative estimate of drug-likeness (QED) is 0.777. The van der Waals surface area contributed by atoms with Gasteiger partial charge in [-0.05, 0) is 30.2 Å². The monoisotopic (exact) mass is 208 g/mol. The molecule has 2 nitrogen and oxygen atoms in total. The van der Waals surface area contributed by atoms with Crippen molar-refractivity contribution in [2.24, 2.45) is 0 Å². The van der Waals surface area contributed by atoms with Gasteiger partial charge >= 0.3 is 0 Å². The zero-order valence-electron chi connectivity index (χ0n) is 7.62. The first-order chi connectivity index (χ1) is 6.68. The summed E-state index contributed by atoms with van der Waals surface area (Å²) in [6.45, 7) is 1.95. The third-order valence-electron chi connectivity index (χ3n) is 2.11. The molecular formula is C11H9ClO2. The molecule has 0 saturated heterocycles. The van der Waals surface area contributed by atoms with Crippen molar-refractivity contribution in [1.29, 1.82) is 0 Å². The van der Waals surface area contributed by atoms with Gasteiger partial charge in [0, 0.05) is 5.56 Å². The van der Waals surface area contributed by atoms with E-state index < -0.39 is 0 Å². The first-order valence-electron chi connectivity index (χ1n) is 4.20. The molecule has 0 spiro atoms. The van der Waals surface area contributed by atoms with Crippen molar-refractivity contribution < 1.29 is 9.52 Å². The van der Waals surface area contributed by atoms with Crippen molar-refractivity contribution >= 4 is 11.6 Å². The topological polar surface area (TPSA) is 33.4 Å². The van der Waals surface area contributed by atoms with Gasteiger partial charge in [-0.2, -0.15) is 0 Å². The van der Waals surface area contributed by atoms with E-state index in [4.69, 9.17) is 16.0 Å². The molecule has 2 aromatic rings. The molecule has 0 aliphatic rings. The molecule has 1 aromatic carbocycles. The Hall–Kier alpha value is -1.41. The van der Waals surface area contributed by atoms with Gasteiger partial charge in [-0.25, -0.2) is 0 Å². The fourth-order valence-corrected chi connectivity index (χ4v) is 1.45. The molecule has 1 aromatic heterocycles. The first-order valence-corrected chi connectivity index (χ1v) is 4.58. The molecule has 0 atom stereocenters. The second-order valence-electron chi connectivity index (χ2n) is 3.13. The van der Waals surface area contributed by atoms with Crippen molar-refractivity contribution in [2.45, 2.75) is 6.92 Å². The SMILES string of the molecule is Cc1cocc1-c1ccc(Cl)c(O)c1. The summed E-state index contributed by atoms with van der Waals surface area (Å²) in [6.07, 6.45) is 3.32. The number of rotatable bonds is 1. The molecule has 0 bridgehead atoms. The third kappa shape index (κ3) is 1.49. The molecule has 0 aliphatic heterocycles. The molecule has 3 heteroatoms. The fraction of sp³-hybridized carbons (Fsp3) is 0.0909. The number of hydrogen-bond acceptors (Lipinski definition) is 2. The van der Waals surface area contributed by atoms with Gasteiger partial charge in [0.2, 0.25) is 0 Å². The fourth-order valence-electron chi connectivity index (χ4n) is 1.34. The van der Waals surface area contributed by atoms with Crippen LogP contribution in [0, 0.1) is 6.92 Å². The minimum absolute atomic E-state index is 0.0877. The van der Waals surface area contributed by atoms with E-state index in [1.165, 1.54) is 0 Å². The lowest BCUT2D eigenvalue weighted by Gasteiger charge is -2.01. The molecule has 14 heavy (non-hydrogen) atoms. The molecule has 0 fully saturated rings. The van der Waals surface area contributed by atoms with Crippen LogP contribution in [-0.4, -0.2) is 5.11 Å². The lowest BCUT2D eigenvalue weighted by molar-refractivity contribution is 0.476. The number of aryl methyl sites for hydroxylation is 1. The maximum absolute atomic E-state index is 9.43. The van der Waals surface area contributed by atoms with E-state index in [2.05, 4.69) is 0 Å². The Kier molecular flexibility index (Phi) is 2.22. The predicted octanol–water partition coefficient (Wildman–Crippen LogP) is 3.61. The van der Waals surface area contributed by atoms with Crippen LogP contribution < -0.4 is 0 Å². The molecule has 0 unspecified atom stereocenters. The highest BCUT2D eigenvalue weighted by molar-refractivity contribution is 6.32. The second kappa shape index (κ2) is 3.39. The summed E-state index contributed by atoms with van der Waals surface area (Å²) >= 11 is 5.71. The lowest BCUT2D eigenvalue weighted by atomic mass is 10.1. The van der Waals surface area contributed by atoms with E-state index in [9.17, 15) is 5.11 Å². The Labute approximate surface area is 86.7 Å². The summed E-state index contributed by atoms with van der Waals surface area (Å²) in [5.74, 6) is 0.0877. The average Bonchev–Trinajstić information content (AvgIpc) is 2.57. The smallest absolute Gasteiger partial charge is 0.134 e. The second-order valence-corrected chi connectivity index (χ2v) is 3.54. The zero-order chi connectivity index (χ0) is 10.1.